The molecule has 1 atom stereocenters. The van der Waals surface area contributed by atoms with Crippen molar-refractivity contribution in [1.82, 2.24) is 5.32 Å². The minimum Gasteiger partial charge on any atom is -0.385 e. The summed E-state index contributed by atoms with van der Waals surface area (Å²) < 4.78 is 0. The summed E-state index contributed by atoms with van der Waals surface area (Å²) in [5.41, 5.74) is 2.63. The van der Waals surface area contributed by atoms with Gasteiger partial charge in [-0.15, -0.1) is 0 Å². The molecule has 0 aliphatic carbocycles. The molecule has 96 valence electrons. The second kappa shape index (κ2) is 7.33. The van der Waals surface area contributed by atoms with E-state index in [1.807, 2.05) is 7.05 Å². The summed E-state index contributed by atoms with van der Waals surface area (Å²) in [6, 6.07) is 8.79. The Hall–Kier alpha value is -1.02. The van der Waals surface area contributed by atoms with Gasteiger partial charge in [0.1, 0.15) is 0 Å². The fraction of sp³-hybridized carbons (Fsp3) is 0.600. The molecule has 0 radical (unpaired) electrons. The Balaban J connectivity index is 2.46. The highest BCUT2D eigenvalue weighted by Gasteiger charge is 2.04. The van der Waals surface area contributed by atoms with Crippen molar-refractivity contribution < 1.29 is 0 Å². The highest BCUT2D eigenvalue weighted by molar-refractivity contribution is 5.45. The lowest BCUT2D eigenvalue weighted by molar-refractivity contribution is 0.506. The monoisotopic (exact) mass is 234 g/mol. The third kappa shape index (κ3) is 4.78. The van der Waals surface area contributed by atoms with E-state index in [-0.39, 0.29) is 0 Å². The first-order valence-electron chi connectivity index (χ1n) is 6.65. The number of nitrogens with one attached hydrogen (secondary N) is 2. The first-order valence-corrected chi connectivity index (χ1v) is 6.65. The minimum atomic E-state index is 0.608. The maximum Gasteiger partial charge on any atom is 0.0340 e. The number of hydrogen-bond acceptors (Lipinski definition) is 2. The Morgan fingerprint density at radius 3 is 2.18 bits per heavy atom. The molecule has 1 aromatic rings. The summed E-state index contributed by atoms with van der Waals surface area (Å²) in [7, 11) is 2.01. The summed E-state index contributed by atoms with van der Waals surface area (Å²) in [6.45, 7) is 8.81. The van der Waals surface area contributed by atoms with Gasteiger partial charge in [0, 0.05) is 12.2 Å². The molecular formula is C15H26N2. The predicted octanol–water partition coefficient (Wildman–Crippen LogP) is 3.47. The van der Waals surface area contributed by atoms with Crippen LogP contribution in [0.4, 0.5) is 5.69 Å². The average Bonchev–Trinajstić information content (AvgIpc) is 2.35. The Bertz CT molecular complexity index is 303. The second-order valence-electron chi connectivity index (χ2n) is 4.99. The van der Waals surface area contributed by atoms with Crippen LogP contribution < -0.4 is 10.6 Å². The van der Waals surface area contributed by atoms with Gasteiger partial charge < -0.3 is 10.6 Å². The zero-order chi connectivity index (χ0) is 12.7. The van der Waals surface area contributed by atoms with Crippen LogP contribution in [0.2, 0.25) is 0 Å². The van der Waals surface area contributed by atoms with Crippen molar-refractivity contribution in [1.29, 1.82) is 0 Å². The molecule has 1 aromatic carbocycles. The molecule has 17 heavy (non-hydrogen) atoms. The van der Waals surface area contributed by atoms with E-state index < -0.39 is 0 Å². The van der Waals surface area contributed by atoms with Gasteiger partial charge in [-0.1, -0.05) is 39.3 Å². The molecule has 0 amide bonds. The van der Waals surface area contributed by atoms with E-state index >= 15 is 0 Å². The molecule has 0 heterocycles. The van der Waals surface area contributed by atoms with Crippen LogP contribution in [0, 0.1) is 5.92 Å². The number of anilines is 1. The Morgan fingerprint density at radius 1 is 1.06 bits per heavy atom. The third-order valence-electron chi connectivity index (χ3n) is 3.24. The topological polar surface area (TPSA) is 24.1 Å². The van der Waals surface area contributed by atoms with Crippen molar-refractivity contribution >= 4 is 5.69 Å². The Kier molecular flexibility index (Phi) is 6.06. The fourth-order valence-electron chi connectivity index (χ4n) is 1.90. The molecule has 0 bridgehead atoms. The van der Waals surface area contributed by atoms with Crippen LogP contribution in [0.5, 0.6) is 0 Å². The third-order valence-corrected chi connectivity index (χ3v) is 3.24. The molecule has 1 unspecified atom stereocenters. The van der Waals surface area contributed by atoms with Crippen LogP contribution in [0.1, 0.15) is 38.7 Å². The van der Waals surface area contributed by atoms with Gasteiger partial charge >= 0.3 is 0 Å². The summed E-state index contributed by atoms with van der Waals surface area (Å²) in [6.07, 6.45) is 1.21. The molecular weight excluding hydrogens is 208 g/mol. The zero-order valence-electron chi connectivity index (χ0n) is 11.6. The lowest BCUT2D eigenvalue weighted by Gasteiger charge is -2.16. The van der Waals surface area contributed by atoms with E-state index in [0.717, 1.165) is 13.1 Å². The lowest BCUT2D eigenvalue weighted by Crippen LogP contribution is -2.24. The van der Waals surface area contributed by atoms with E-state index in [1.54, 1.807) is 0 Å². The van der Waals surface area contributed by atoms with Gasteiger partial charge in [0.15, 0.2) is 0 Å². The number of hydrogen-bond donors (Lipinski definition) is 2. The molecule has 1 rings (SSSR count). The fourth-order valence-corrected chi connectivity index (χ4v) is 1.90. The van der Waals surface area contributed by atoms with E-state index in [1.165, 1.54) is 17.7 Å². The molecule has 0 saturated carbocycles. The largest absolute Gasteiger partial charge is 0.385 e. The maximum absolute atomic E-state index is 3.51. The van der Waals surface area contributed by atoms with Crippen molar-refractivity contribution in [2.24, 2.45) is 5.92 Å². The van der Waals surface area contributed by atoms with Crippen LogP contribution in [-0.4, -0.2) is 20.1 Å². The predicted molar refractivity (Wildman–Crippen MR) is 76.7 cm³/mol. The van der Waals surface area contributed by atoms with Gasteiger partial charge in [-0.2, -0.15) is 0 Å². The number of benzene rings is 1. The summed E-state index contributed by atoms with van der Waals surface area (Å²) in [4.78, 5) is 0. The molecule has 2 N–H and O–H groups in total. The molecule has 0 aliphatic rings. The quantitative estimate of drug-likeness (QED) is 0.755. The van der Waals surface area contributed by atoms with Crippen molar-refractivity contribution in [3.63, 3.8) is 0 Å². The van der Waals surface area contributed by atoms with Crippen molar-refractivity contribution in [2.45, 2.75) is 33.1 Å². The van der Waals surface area contributed by atoms with Gasteiger partial charge in [-0.3, -0.25) is 0 Å². The maximum atomic E-state index is 3.51. The van der Waals surface area contributed by atoms with Gasteiger partial charge in [0.25, 0.3) is 0 Å². The first kappa shape index (κ1) is 14.0. The van der Waals surface area contributed by atoms with Gasteiger partial charge in [0.05, 0.1) is 0 Å². The van der Waals surface area contributed by atoms with E-state index in [4.69, 9.17) is 0 Å². The normalized spacial score (nSPS) is 12.8. The average molecular weight is 234 g/mol. The molecule has 2 heteroatoms. The smallest absolute Gasteiger partial charge is 0.0340 e. The zero-order valence-corrected chi connectivity index (χ0v) is 11.6. The Morgan fingerprint density at radius 2 is 1.71 bits per heavy atom. The van der Waals surface area contributed by atoms with Crippen LogP contribution in [0.15, 0.2) is 24.3 Å². The summed E-state index contributed by atoms with van der Waals surface area (Å²) in [5, 5.41) is 6.75. The van der Waals surface area contributed by atoms with Gasteiger partial charge in [-0.05, 0) is 43.1 Å². The molecule has 0 aliphatic heterocycles. The van der Waals surface area contributed by atoms with Crippen LogP contribution in [0.3, 0.4) is 0 Å². The lowest BCUT2D eigenvalue weighted by atomic mass is 10.0. The van der Waals surface area contributed by atoms with Crippen molar-refractivity contribution in [2.75, 3.05) is 25.5 Å². The summed E-state index contributed by atoms with van der Waals surface area (Å²) >= 11 is 0. The first-order chi connectivity index (χ1) is 8.17. The van der Waals surface area contributed by atoms with Crippen molar-refractivity contribution in [3.8, 4) is 0 Å². The van der Waals surface area contributed by atoms with Crippen molar-refractivity contribution in [3.05, 3.63) is 29.8 Å². The molecule has 0 spiro atoms. The SMILES string of the molecule is CCC(CNC)CNc1ccc(C(C)C)cc1. The molecule has 0 saturated heterocycles. The highest BCUT2D eigenvalue weighted by Crippen LogP contribution is 2.17. The minimum absolute atomic E-state index is 0.608. The number of rotatable bonds is 7. The summed E-state index contributed by atoms with van der Waals surface area (Å²) in [5.74, 6) is 1.31. The van der Waals surface area contributed by atoms with Crippen LogP contribution in [-0.2, 0) is 0 Å². The Labute approximate surface area is 106 Å². The molecule has 0 fully saturated rings. The molecule has 2 nitrogen and oxygen atoms in total. The van der Waals surface area contributed by atoms with E-state index in [0.29, 0.717) is 11.8 Å². The second-order valence-corrected chi connectivity index (χ2v) is 4.99. The van der Waals surface area contributed by atoms with E-state index in [9.17, 15) is 0 Å². The highest BCUT2D eigenvalue weighted by atomic mass is 14.9. The van der Waals surface area contributed by atoms with Crippen LogP contribution >= 0.6 is 0 Å². The van der Waals surface area contributed by atoms with Crippen LogP contribution in [0.25, 0.3) is 0 Å². The standard InChI is InChI=1S/C15H26N2/c1-5-13(10-16-4)11-17-15-8-6-14(7-9-15)12(2)3/h6-9,12-13,16-17H,5,10-11H2,1-4H3. The van der Waals surface area contributed by atoms with Gasteiger partial charge in [-0.25, -0.2) is 0 Å². The molecule has 0 aromatic heterocycles. The van der Waals surface area contributed by atoms with E-state index in [2.05, 4.69) is 55.7 Å². The van der Waals surface area contributed by atoms with Gasteiger partial charge in [0.2, 0.25) is 0 Å².